The van der Waals surface area contributed by atoms with Gasteiger partial charge in [-0.05, 0) is 60.6 Å². The van der Waals surface area contributed by atoms with Crippen LogP contribution in [0.4, 0.5) is 0 Å². The van der Waals surface area contributed by atoms with E-state index in [9.17, 15) is 24.0 Å². The van der Waals surface area contributed by atoms with Crippen molar-refractivity contribution >= 4 is 45.5 Å². The number of carbonyl (C=O) groups is 5. The topological polar surface area (TPSA) is 137 Å². The van der Waals surface area contributed by atoms with Crippen molar-refractivity contribution in [3.8, 4) is 0 Å². The van der Waals surface area contributed by atoms with E-state index in [0.29, 0.717) is 19.3 Å². The smallest absolute Gasteiger partial charge is 0.245 e. The highest BCUT2D eigenvalue weighted by Gasteiger charge is 2.38. The van der Waals surface area contributed by atoms with Gasteiger partial charge in [-0.3, -0.25) is 24.0 Å². The van der Waals surface area contributed by atoms with E-state index in [2.05, 4.69) is 37.2 Å². The third-order valence-electron chi connectivity index (χ3n) is 7.71. The molecule has 5 amide bonds. The summed E-state index contributed by atoms with van der Waals surface area (Å²) in [4.78, 5) is 70.4. The summed E-state index contributed by atoms with van der Waals surface area (Å²) in [5.74, 6) is -2.48. The first-order valence-corrected chi connectivity index (χ1v) is 16.5. The molecule has 5 atom stereocenters. The van der Waals surface area contributed by atoms with E-state index < -0.39 is 59.7 Å². The number of halogens is 1. The van der Waals surface area contributed by atoms with Crippen molar-refractivity contribution in [1.82, 2.24) is 26.2 Å². The molecule has 246 valence electrons. The zero-order chi connectivity index (χ0) is 33.3. The van der Waals surface area contributed by atoms with Crippen LogP contribution in [0.3, 0.4) is 0 Å². The summed E-state index contributed by atoms with van der Waals surface area (Å²) < 4.78 is 0.878. The molecule has 1 fully saturated rings. The van der Waals surface area contributed by atoms with Crippen molar-refractivity contribution < 1.29 is 24.0 Å². The van der Waals surface area contributed by atoms with E-state index in [-0.39, 0.29) is 30.1 Å². The summed E-state index contributed by atoms with van der Waals surface area (Å²) in [6, 6.07) is 2.79. The molecule has 2 rings (SSSR count). The van der Waals surface area contributed by atoms with Gasteiger partial charge in [0.2, 0.25) is 29.5 Å². The maximum Gasteiger partial charge on any atom is 0.245 e. The lowest BCUT2D eigenvalue weighted by Gasteiger charge is -2.33. The van der Waals surface area contributed by atoms with Crippen molar-refractivity contribution in [3.63, 3.8) is 0 Å². The highest BCUT2D eigenvalue weighted by atomic mass is 79.9. The lowest BCUT2D eigenvalue weighted by atomic mass is 9.97. The number of nitrogens with one attached hydrogen (secondary N) is 4. The summed E-state index contributed by atoms with van der Waals surface area (Å²) >= 11 is 3.43. The van der Waals surface area contributed by atoms with Gasteiger partial charge in [-0.2, -0.15) is 0 Å². The Morgan fingerprint density at radius 3 is 1.57 bits per heavy atom. The van der Waals surface area contributed by atoms with Gasteiger partial charge in [0.25, 0.3) is 0 Å². The standard InChI is InChI=1S/C33H52BrN5O5/c1-18(2)14-24-29(40)37-26(17-22-10-12-23(34)13-11-22)33(44)39(9)27(16-20(5)6)31(42)35-25(15-19(3)4)30(41)38-28(21(7)8)32(43)36-24/h10-13,18-21,24-28H,14-17H2,1-9H3,(H,35,42)(H,36,43)(H,37,40)(H,38,41)/t24-,25-,26-,27-,28-/m0/s1. The van der Waals surface area contributed by atoms with Crippen molar-refractivity contribution in [1.29, 1.82) is 0 Å². The van der Waals surface area contributed by atoms with Crippen molar-refractivity contribution in [2.45, 2.75) is 111 Å². The number of carbonyl (C=O) groups excluding carboxylic acids is 5. The van der Waals surface area contributed by atoms with Crippen molar-refractivity contribution in [3.05, 3.63) is 34.3 Å². The van der Waals surface area contributed by atoms with E-state index in [1.54, 1.807) is 7.05 Å². The van der Waals surface area contributed by atoms with Gasteiger partial charge < -0.3 is 26.2 Å². The summed E-state index contributed by atoms with van der Waals surface area (Å²) in [7, 11) is 1.56. The predicted octanol–water partition coefficient (Wildman–Crippen LogP) is 3.57. The Labute approximate surface area is 271 Å². The van der Waals surface area contributed by atoms with Gasteiger partial charge in [0, 0.05) is 17.9 Å². The molecule has 1 saturated heterocycles. The zero-order valence-corrected chi connectivity index (χ0v) is 29.3. The van der Waals surface area contributed by atoms with Gasteiger partial charge in [0.1, 0.15) is 30.2 Å². The van der Waals surface area contributed by atoms with Gasteiger partial charge in [0.05, 0.1) is 0 Å². The average Bonchev–Trinajstić information content (AvgIpc) is 2.92. The summed E-state index contributed by atoms with van der Waals surface area (Å²) in [5.41, 5.74) is 0.819. The second-order valence-corrected chi connectivity index (χ2v) is 14.5. The van der Waals surface area contributed by atoms with E-state index in [0.717, 1.165) is 10.0 Å². The highest BCUT2D eigenvalue weighted by Crippen LogP contribution is 2.18. The second kappa shape index (κ2) is 16.9. The molecule has 4 N–H and O–H groups in total. The molecular formula is C33H52BrN5O5. The van der Waals surface area contributed by atoms with Crippen LogP contribution in [0.2, 0.25) is 0 Å². The van der Waals surface area contributed by atoms with Crippen LogP contribution in [0.15, 0.2) is 28.7 Å². The predicted molar refractivity (Wildman–Crippen MR) is 175 cm³/mol. The van der Waals surface area contributed by atoms with Gasteiger partial charge >= 0.3 is 0 Å². The third kappa shape index (κ3) is 11.2. The number of rotatable bonds is 9. The molecule has 0 spiro atoms. The van der Waals surface area contributed by atoms with Gasteiger partial charge in [0.15, 0.2) is 0 Å². The molecule has 1 aliphatic rings. The molecule has 0 unspecified atom stereocenters. The molecule has 1 heterocycles. The number of hydrogen-bond donors (Lipinski definition) is 4. The van der Waals surface area contributed by atoms with E-state index in [1.807, 2.05) is 79.7 Å². The van der Waals surface area contributed by atoms with Crippen LogP contribution >= 0.6 is 15.9 Å². The van der Waals surface area contributed by atoms with Crippen LogP contribution in [0, 0.1) is 23.7 Å². The minimum Gasteiger partial charge on any atom is -0.343 e. The Bertz CT molecular complexity index is 1150. The minimum absolute atomic E-state index is 0.0520. The first kappa shape index (κ1) is 37.2. The average molecular weight is 679 g/mol. The Morgan fingerprint density at radius 2 is 1.09 bits per heavy atom. The normalized spacial score (nSPS) is 24.6. The SMILES string of the molecule is CC(C)C[C@@H]1NC(=O)[C@H](C(C)C)NC(=O)[C@H](CC(C)C)NC(=O)[C@H](CC(C)C)N(C)C(=O)[C@H](Cc2ccc(Br)cc2)NC1=O. The Balaban J connectivity index is 2.67. The van der Waals surface area contributed by atoms with Crippen LogP contribution < -0.4 is 21.3 Å². The largest absolute Gasteiger partial charge is 0.343 e. The van der Waals surface area contributed by atoms with Crippen LogP contribution in [-0.4, -0.2) is 71.7 Å². The zero-order valence-electron chi connectivity index (χ0n) is 27.7. The molecular weight excluding hydrogens is 626 g/mol. The lowest BCUT2D eigenvalue weighted by molar-refractivity contribution is -0.143. The first-order chi connectivity index (χ1) is 20.5. The highest BCUT2D eigenvalue weighted by molar-refractivity contribution is 9.10. The molecule has 11 heteroatoms. The number of hydrogen-bond acceptors (Lipinski definition) is 5. The van der Waals surface area contributed by atoms with Gasteiger partial charge in [-0.25, -0.2) is 0 Å². The maximum absolute atomic E-state index is 14.2. The third-order valence-corrected chi connectivity index (χ3v) is 8.24. The number of likely N-dealkylation sites (N-methyl/N-ethyl adjacent to an activating group) is 1. The molecule has 0 aromatic heterocycles. The van der Waals surface area contributed by atoms with Gasteiger partial charge in [-0.1, -0.05) is 83.5 Å². The van der Waals surface area contributed by atoms with Crippen LogP contribution in [0.5, 0.6) is 0 Å². The molecule has 1 aromatic rings. The summed E-state index contributed by atoms with van der Waals surface area (Å²) in [5, 5.41) is 11.5. The second-order valence-electron chi connectivity index (χ2n) is 13.6. The van der Waals surface area contributed by atoms with Gasteiger partial charge in [-0.15, -0.1) is 0 Å². The molecule has 10 nitrogen and oxygen atoms in total. The fourth-order valence-electron chi connectivity index (χ4n) is 5.34. The number of benzene rings is 1. The molecule has 0 saturated carbocycles. The van der Waals surface area contributed by atoms with E-state index in [4.69, 9.17) is 0 Å². The molecule has 0 aliphatic carbocycles. The Morgan fingerprint density at radius 1 is 0.636 bits per heavy atom. The monoisotopic (exact) mass is 677 g/mol. The fraction of sp³-hybridized carbons (Fsp3) is 0.667. The summed E-state index contributed by atoms with van der Waals surface area (Å²) in [6.45, 7) is 15.3. The van der Waals surface area contributed by atoms with Crippen LogP contribution in [0.1, 0.15) is 80.2 Å². The Kier molecular flexibility index (Phi) is 14.3. The molecule has 0 bridgehead atoms. The summed E-state index contributed by atoms with van der Waals surface area (Å²) in [6.07, 6.45) is 1.22. The molecule has 1 aromatic carbocycles. The van der Waals surface area contributed by atoms with Crippen LogP contribution in [-0.2, 0) is 30.4 Å². The molecule has 1 aliphatic heterocycles. The first-order valence-electron chi connectivity index (χ1n) is 15.7. The Hall–Kier alpha value is -2.95. The van der Waals surface area contributed by atoms with E-state index >= 15 is 0 Å². The van der Waals surface area contributed by atoms with Crippen molar-refractivity contribution in [2.75, 3.05) is 7.05 Å². The maximum atomic E-state index is 14.2. The fourth-order valence-corrected chi connectivity index (χ4v) is 5.60. The van der Waals surface area contributed by atoms with Crippen molar-refractivity contribution in [2.24, 2.45) is 23.7 Å². The van der Waals surface area contributed by atoms with Crippen LogP contribution in [0.25, 0.3) is 0 Å². The number of nitrogens with zero attached hydrogens (tertiary/aromatic N) is 1. The quantitative estimate of drug-likeness (QED) is 0.317. The lowest BCUT2D eigenvalue weighted by Crippen LogP contribution is -2.59. The van der Waals surface area contributed by atoms with E-state index in [1.165, 1.54) is 4.90 Å². The number of amides is 5. The minimum atomic E-state index is -1.00. The molecule has 0 radical (unpaired) electrons. The molecule has 44 heavy (non-hydrogen) atoms.